The number of benzene rings is 2. The van der Waals surface area contributed by atoms with Gasteiger partial charge in [-0.25, -0.2) is 0 Å². The first kappa shape index (κ1) is 13.2. The number of hydrogen-bond acceptors (Lipinski definition) is 3. The Morgan fingerprint density at radius 3 is 2.33 bits per heavy atom. The van der Waals surface area contributed by atoms with Crippen LogP contribution in [0.4, 0.5) is 5.69 Å². The van der Waals surface area contributed by atoms with Crippen LogP contribution in [0.2, 0.25) is 10.0 Å². The third-order valence-corrected chi connectivity index (χ3v) is 4.00. The van der Waals surface area contributed by atoms with Crippen LogP contribution in [0.1, 0.15) is 0 Å². The Morgan fingerprint density at radius 2 is 1.72 bits per heavy atom. The fraction of sp³-hybridized carbons (Fsp3) is 0. The van der Waals surface area contributed by atoms with E-state index in [2.05, 4.69) is 0 Å². The summed E-state index contributed by atoms with van der Waals surface area (Å²) in [6, 6.07) is 11.7. The minimum absolute atomic E-state index is 0.00227. The monoisotopic (exact) mass is 299 g/mol. The SMILES string of the molecule is O=[N+]([O-])c1cccc(Cl)c1Sc1ccc(Cl)cc1. The van der Waals surface area contributed by atoms with Crippen LogP contribution in [0.5, 0.6) is 0 Å². The van der Waals surface area contributed by atoms with Gasteiger partial charge in [-0.3, -0.25) is 10.1 Å². The lowest BCUT2D eigenvalue weighted by molar-refractivity contribution is -0.387. The van der Waals surface area contributed by atoms with Crippen molar-refractivity contribution in [2.75, 3.05) is 0 Å². The van der Waals surface area contributed by atoms with Gasteiger partial charge in [0, 0.05) is 16.0 Å². The van der Waals surface area contributed by atoms with Gasteiger partial charge in [-0.2, -0.15) is 0 Å². The molecule has 2 aromatic rings. The van der Waals surface area contributed by atoms with E-state index in [1.165, 1.54) is 17.8 Å². The predicted molar refractivity (Wildman–Crippen MR) is 73.7 cm³/mol. The van der Waals surface area contributed by atoms with Crippen molar-refractivity contribution >= 4 is 40.7 Å². The summed E-state index contributed by atoms with van der Waals surface area (Å²) in [5.74, 6) is 0. The van der Waals surface area contributed by atoms with E-state index in [0.29, 0.717) is 14.9 Å². The van der Waals surface area contributed by atoms with E-state index < -0.39 is 4.92 Å². The summed E-state index contributed by atoms with van der Waals surface area (Å²) in [5, 5.41) is 11.9. The second kappa shape index (κ2) is 5.61. The fourth-order valence-electron chi connectivity index (χ4n) is 1.36. The Kier molecular flexibility index (Phi) is 4.11. The average molecular weight is 300 g/mol. The van der Waals surface area contributed by atoms with Crippen LogP contribution >= 0.6 is 35.0 Å². The highest BCUT2D eigenvalue weighted by molar-refractivity contribution is 7.99. The molecular formula is C12H7Cl2NO2S. The maximum atomic E-state index is 10.9. The summed E-state index contributed by atoms with van der Waals surface area (Å²) in [6.45, 7) is 0. The number of hydrogen-bond donors (Lipinski definition) is 0. The van der Waals surface area contributed by atoms with Crippen LogP contribution in [0, 0.1) is 10.1 Å². The van der Waals surface area contributed by atoms with Gasteiger partial charge >= 0.3 is 0 Å². The summed E-state index contributed by atoms with van der Waals surface area (Å²) < 4.78 is 0. The standard InChI is InChI=1S/C12H7Cl2NO2S/c13-8-4-6-9(7-5-8)18-12-10(14)2-1-3-11(12)15(16)17/h1-7H. The van der Waals surface area contributed by atoms with Gasteiger partial charge in [-0.15, -0.1) is 0 Å². The van der Waals surface area contributed by atoms with E-state index in [1.54, 1.807) is 36.4 Å². The molecular weight excluding hydrogens is 293 g/mol. The second-order valence-electron chi connectivity index (χ2n) is 3.40. The Labute approximate surface area is 118 Å². The van der Waals surface area contributed by atoms with Crippen molar-refractivity contribution in [3.8, 4) is 0 Å². The van der Waals surface area contributed by atoms with Gasteiger partial charge in [0.05, 0.1) is 9.95 Å². The normalized spacial score (nSPS) is 10.3. The zero-order valence-corrected chi connectivity index (χ0v) is 11.3. The molecule has 0 radical (unpaired) electrons. The zero-order chi connectivity index (χ0) is 13.1. The van der Waals surface area contributed by atoms with Crippen molar-refractivity contribution in [2.24, 2.45) is 0 Å². The molecule has 6 heteroatoms. The molecule has 0 bridgehead atoms. The van der Waals surface area contributed by atoms with Gasteiger partial charge in [0.15, 0.2) is 0 Å². The molecule has 0 aliphatic heterocycles. The van der Waals surface area contributed by atoms with E-state index in [9.17, 15) is 10.1 Å². The molecule has 18 heavy (non-hydrogen) atoms. The average Bonchev–Trinajstić information content (AvgIpc) is 2.34. The summed E-state index contributed by atoms with van der Waals surface area (Å²) in [7, 11) is 0. The van der Waals surface area contributed by atoms with Gasteiger partial charge < -0.3 is 0 Å². The lowest BCUT2D eigenvalue weighted by Gasteiger charge is -2.05. The van der Waals surface area contributed by atoms with Crippen LogP contribution in [-0.4, -0.2) is 4.92 Å². The Bertz CT molecular complexity index is 587. The number of nitrogens with zero attached hydrogens (tertiary/aromatic N) is 1. The molecule has 0 N–H and O–H groups in total. The number of nitro benzene ring substituents is 1. The van der Waals surface area contributed by atoms with E-state index in [0.717, 1.165) is 4.90 Å². The molecule has 3 nitrogen and oxygen atoms in total. The van der Waals surface area contributed by atoms with E-state index in [4.69, 9.17) is 23.2 Å². The summed E-state index contributed by atoms with van der Waals surface area (Å²) in [5.41, 5.74) is 0.00227. The van der Waals surface area contributed by atoms with E-state index in [-0.39, 0.29) is 5.69 Å². The number of nitro groups is 1. The molecule has 0 aromatic heterocycles. The Hall–Kier alpha value is -1.23. The molecule has 0 heterocycles. The van der Waals surface area contributed by atoms with Crippen molar-refractivity contribution in [3.63, 3.8) is 0 Å². The highest BCUT2D eigenvalue weighted by Crippen LogP contribution is 2.39. The van der Waals surface area contributed by atoms with Crippen molar-refractivity contribution in [1.29, 1.82) is 0 Å². The van der Waals surface area contributed by atoms with E-state index >= 15 is 0 Å². The van der Waals surface area contributed by atoms with Gasteiger partial charge in [0.2, 0.25) is 0 Å². The molecule has 0 aliphatic carbocycles. The molecule has 0 unspecified atom stereocenters. The van der Waals surface area contributed by atoms with Gasteiger partial charge in [-0.1, -0.05) is 41.0 Å². The van der Waals surface area contributed by atoms with Crippen LogP contribution < -0.4 is 0 Å². The Morgan fingerprint density at radius 1 is 1.06 bits per heavy atom. The predicted octanol–water partition coefficient (Wildman–Crippen LogP) is 5.05. The summed E-state index contributed by atoms with van der Waals surface area (Å²) in [6.07, 6.45) is 0. The molecule has 0 amide bonds. The highest BCUT2D eigenvalue weighted by atomic mass is 35.5. The molecule has 0 fully saturated rings. The van der Waals surface area contributed by atoms with Gasteiger partial charge in [-0.05, 0) is 30.3 Å². The lowest BCUT2D eigenvalue weighted by atomic mass is 10.3. The fourth-order valence-corrected chi connectivity index (χ4v) is 2.69. The molecule has 2 rings (SSSR count). The lowest BCUT2D eigenvalue weighted by Crippen LogP contribution is -1.91. The van der Waals surface area contributed by atoms with Gasteiger partial charge in [0.1, 0.15) is 4.90 Å². The summed E-state index contributed by atoms with van der Waals surface area (Å²) >= 11 is 13.0. The molecule has 2 aromatic carbocycles. The smallest absolute Gasteiger partial charge is 0.258 e. The van der Waals surface area contributed by atoms with Crippen molar-refractivity contribution in [1.82, 2.24) is 0 Å². The first-order chi connectivity index (χ1) is 8.58. The van der Waals surface area contributed by atoms with Crippen molar-refractivity contribution in [2.45, 2.75) is 9.79 Å². The topological polar surface area (TPSA) is 43.1 Å². The minimum atomic E-state index is -0.440. The van der Waals surface area contributed by atoms with E-state index in [1.807, 2.05) is 0 Å². The third kappa shape index (κ3) is 2.96. The molecule has 92 valence electrons. The quantitative estimate of drug-likeness (QED) is 0.588. The third-order valence-electron chi connectivity index (χ3n) is 2.18. The second-order valence-corrected chi connectivity index (χ2v) is 5.33. The molecule has 0 spiro atoms. The van der Waals surface area contributed by atoms with Crippen LogP contribution in [0.25, 0.3) is 0 Å². The molecule has 0 atom stereocenters. The molecule has 0 aliphatic rings. The van der Waals surface area contributed by atoms with Gasteiger partial charge in [0.25, 0.3) is 5.69 Å². The minimum Gasteiger partial charge on any atom is -0.258 e. The number of rotatable bonds is 3. The first-order valence-electron chi connectivity index (χ1n) is 4.94. The zero-order valence-electron chi connectivity index (χ0n) is 8.97. The largest absolute Gasteiger partial charge is 0.284 e. The molecule has 0 saturated heterocycles. The highest BCUT2D eigenvalue weighted by Gasteiger charge is 2.17. The van der Waals surface area contributed by atoms with Crippen LogP contribution in [0.15, 0.2) is 52.3 Å². The van der Waals surface area contributed by atoms with Crippen molar-refractivity contribution in [3.05, 3.63) is 62.6 Å². The number of halogens is 2. The maximum absolute atomic E-state index is 10.9. The Balaban J connectivity index is 2.39. The van der Waals surface area contributed by atoms with Crippen molar-refractivity contribution < 1.29 is 4.92 Å². The van der Waals surface area contributed by atoms with Crippen LogP contribution in [0.3, 0.4) is 0 Å². The summed E-state index contributed by atoms with van der Waals surface area (Å²) in [4.78, 5) is 11.8. The first-order valence-corrected chi connectivity index (χ1v) is 6.51. The van der Waals surface area contributed by atoms with Crippen LogP contribution in [-0.2, 0) is 0 Å². The maximum Gasteiger partial charge on any atom is 0.284 e. The molecule has 0 saturated carbocycles.